The Labute approximate surface area is 122 Å². The third-order valence-corrected chi connectivity index (χ3v) is 3.62. The number of hydrogen-bond donors (Lipinski definition) is 0. The maximum absolute atomic E-state index is 13.4. The monoisotopic (exact) mass is 276 g/mol. The highest BCUT2D eigenvalue weighted by Crippen LogP contribution is 2.19. The molecular formula is C17H25FN2. The first-order valence-electron chi connectivity index (χ1n) is 7.44. The van der Waals surface area contributed by atoms with Gasteiger partial charge in [0.05, 0.1) is 11.6 Å². The summed E-state index contributed by atoms with van der Waals surface area (Å²) in [5, 5.41) is 9.17. The van der Waals surface area contributed by atoms with E-state index in [4.69, 9.17) is 5.26 Å². The molecule has 1 aromatic carbocycles. The molecule has 1 aromatic rings. The summed E-state index contributed by atoms with van der Waals surface area (Å²) in [4.78, 5) is 2.38. The van der Waals surface area contributed by atoms with Crippen molar-refractivity contribution in [1.82, 2.24) is 4.90 Å². The van der Waals surface area contributed by atoms with Crippen LogP contribution in [0.25, 0.3) is 0 Å². The van der Waals surface area contributed by atoms with E-state index in [1.807, 2.05) is 0 Å². The lowest BCUT2D eigenvalue weighted by molar-refractivity contribution is 0.157. The van der Waals surface area contributed by atoms with E-state index < -0.39 is 0 Å². The quantitative estimate of drug-likeness (QED) is 0.740. The van der Waals surface area contributed by atoms with Crippen molar-refractivity contribution in [2.45, 2.75) is 53.1 Å². The Morgan fingerprint density at radius 1 is 1.25 bits per heavy atom. The second kappa shape index (κ2) is 8.01. The maximum atomic E-state index is 13.4. The predicted molar refractivity (Wildman–Crippen MR) is 80.7 cm³/mol. The van der Waals surface area contributed by atoms with Gasteiger partial charge in [0.15, 0.2) is 0 Å². The summed E-state index contributed by atoms with van der Waals surface area (Å²) in [6, 6.07) is 7.06. The van der Waals surface area contributed by atoms with Crippen LogP contribution in [0.15, 0.2) is 18.2 Å². The van der Waals surface area contributed by atoms with Crippen molar-refractivity contribution in [1.29, 1.82) is 5.26 Å². The fourth-order valence-corrected chi connectivity index (χ4v) is 2.64. The molecule has 0 atom stereocenters. The van der Waals surface area contributed by atoms with Crippen LogP contribution in [0.5, 0.6) is 0 Å². The van der Waals surface area contributed by atoms with Gasteiger partial charge in [-0.3, -0.25) is 4.90 Å². The summed E-state index contributed by atoms with van der Waals surface area (Å²) in [7, 11) is 0. The minimum Gasteiger partial charge on any atom is -0.296 e. The van der Waals surface area contributed by atoms with E-state index >= 15 is 0 Å². The first-order chi connectivity index (χ1) is 9.51. The summed E-state index contributed by atoms with van der Waals surface area (Å²) in [5.41, 5.74) is 1.37. The highest BCUT2D eigenvalue weighted by molar-refractivity contribution is 5.37. The lowest BCUT2D eigenvalue weighted by Crippen LogP contribution is -2.37. The van der Waals surface area contributed by atoms with Gasteiger partial charge in [0.2, 0.25) is 0 Å². The SMILES string of the molecule is CCC(CC)N(Cc1cc(F)ccc1C#N)CC(C)C. The van der Waals surface area contributed by atoms with Crippen LogP contribution in [0.2, 0.25) is 0 Å². The van der Waals surface area contributed by atoms with Gasteiger partial charge in [-0.05, 0) is 42.5 Å². The Morgan fingerprint density at radius 3 is 2.40 bits per heavy atom. The van der Waals surface area contributed by atoms with Gasteiger partial charge in [0.1, 0.15) is 5.82 Å². The van der Waals surface area contributed by atoms with E-state index in [-0.39, 0.29) is 5.82 Å². The van der Waals surface area contributed by atoms with Gasteiger partial charge in [0.25, 0.3) is 0 Å². The average Bonchev–Trinajstić information content (AvgIpc) is 2.39. The zero-order chi connectivity index (χ0) is 15.1. The lowest BCUT2D eigenvalue weighted by Gasteiger charge is -2.32. The molecule has 0 fully saturated rings. The molecule has 0 heterocycles. The van der Waals surface area contributed by atoms with Crippen molar-refractivity contribution < 1.29 is 4.39 Å². The third kappa shape index (κ3) is 4.61. The fourth-order valence-electron chi connectivity index (χ4n) is 2.64. The van der Waals surface area contributed by atoms with E-state index in [9.17, 15) is 4.39 Å². The molecule has 20 heavy (non-hydrogen) atoms. The normalized spacial score (nSPS) is 11.3. The smallest absolute Gasteiger partial charge is 0.123 e. The molecule has 0 radical (unpaired) electrons. The van der Waals surface area contributed by atoms with Crippen molar-refractivity contribution >= 4 is 0 Å². The molecule has 0 saturated heterocycles. The number of benzene rings is 1. The number of halogens is 1. The molecule has 0 unspecified atom stereocenters. The second-order valence-electron chi connectivity index (χ2n) is 5.71. The minimum atomic E-state index is -0.270. The second-order valence-corrected chi connectivity index (χ2v) is 5.71. The third-order valence-electron chi connectivity index (χ3n) is 3.62. The Morgan fingerprint density at radius 2 is 1.90 bits per heavy atom. The number of hydrogen-bond acceptors (Lipinski definition) is 2. The molecule has 110 valence electrons. The largest absolute Gasteiger partial charge is 0.296 e. The standard InChI is InChI=1S/C17H25FN2/c1-5-17(6-2)20(11-13(3)4)12-15-9-16(18)8-7-14(15)10-19/h7-9,13,17H,5-6,11-12H2,1-4H3. The molecule has 0 spiro atoms. The molecule has 0 N–H and O–H groups in total. The minimum absolute atomic E-state index is 0.270. The van der Waals surface area contributed by atoms with Gasteiger partial charge >= 0.3 is 0 Å². The van der Waals surface area contributed by atoms with Crippen molar-refractivity contribution in [3.05, 3.63) is 35.1 Å². The predicted octanol–water partition coefficient (Wildman–Crippen LogP) is 4.34. The van der Waals surface area contributed by atoms with Crippen LogP contribution in [-0.2, 0) is 6.54 Å². The molecule has 0 aliphatic heterocycles. The van der Waals surface area contributed by atoms with Gasteiger partial charge in [-0.2, -0.15) is 5.26 Å². The van der Waals surface area contributed by atoms with Gasteiger partial charge < -0.3 is 0 Å². The van der Waals surface area contributed by atoms with Gasteiger partial charge in [-0.1, -0.05) is 27.7 Å². The fraction of sp³-hybridized carbons (Fsp3) is 0.588. The molecule has 2 nitrogen and oxygen atoms in total. The Balaban J connectivity index is 3.00. The average molecular weight is 276 g/mol. The molecular weight excluding hydrogens is 251 g/mol. The number of nitrogens with zero attached hydrogens (tertiary/aromatic N) is 2. The summed E-state index contributed by atoms with van der Waals surface area (Å²) >= 11 is 0. The van der Waals surface area contributed by atoms with Gasteiger partial charge in [-0.25, -0.2) is 4.39 Å². The van der Waals surface area contributed by atoms with E-state index in [1.54, 1.807) is 6.07 Å². The van der Waals surface area contributed by atoms with Crippen LogP contribution < -0.4 is 0 Å². The summed E-state index contributed by atoms with van der Waals surface area (Å²) < 4.78 is 13.4. The van der Waals surface area contributed by atoms with Gasteiger partial charge in [0, 0.05) is 19.1 Å². The van der Waals surface area contributed by atoms with Crippen LogP contribution in [-0.4, -0.2) is 17.5 Å². The molecule has 3 heteroatoms. The Hall–Kier alpha value is -1.40. The first kappa shape index (κ1) is 16.7. The number of rotatable bonds is 7. The molecule has 0 amide bonds. The topological polar surface area (TPSA) is 27.0 Å². The van der Waals surface area contributed by atoms with Crippen molar-refractivity contribution in [2.75, 3.05) is 6.54 Å². The molecule has 0 aromatic heterocycles. The highest BCUT2D eigenvalue weighted by Gasteiger charge is 2.18. The summed E-state index contributed by atoms with van der Waals surface area (Å²) in [6.07, 6.45) is 2.14. The lowest BCUT2D eigenvalue weighted by atomic mass is 10.0. The molecule has 0 aliphatic rings. The van der Waals surface area contributed by atoms with Crippen molar-refractivity contribution in [3.8, 4) is 6.07 Å². The van der Waals surface area contributed by atoms with E-state index in [1.165, 1.54) is 12.1 Å². The molecule has 0 bridgehead atoms. The Kier molecular flexibility index (Phi) is 6.67. The van der Waals surface area contributed by atoms with Crippen LogP contribution >= 0.6 is 0 Å². The van der Waals surface area contributed by atoms with Gasteiger partial charge in [-0.15, -0.1) is 0 Å². The Bertz CT molecular complexity index is 459. The summed E-state index contributed by atoms with van der Waals surface area (Å²) in [6.45, 7) is 10.3. The first-order valence-corrected chi connectivity index (χ1v) is 7.44. The molecule has 0 saturated carbocycles. The van der Waals surface area contributed by atoms with Crippen LogP contribution in [0, 0.1) is 23.1 Å². The zero-order valence-corrected chi connectivity index (χ0v) is 13.0. The van der Waals surface area contributed by atoms with Crippen molar-refractivity contribution in [2.24, 2.45) is 5.92 Å². The number of nitriles is 1. The van der Waals surface area contributed by atoms with Crippen LogP contribution in [0.1, 0.15) is 51.7 Å². The summed E-state index contributed by atoms with van der Waals surface area (Å²) in [5.74, 6) is 0.280. The van der Waals surface area contributed by atoms with E-state index in [0.717, 1.165) is 24.9 Å². The van der Waals surface area contributed by atoms with E-state index in [0.29, 0.717) is 24.1 Å². The van der Waals surface area contributed by atoms with E-state index in [2.05, 4.69) is 38.7 Å². The zero-order valence-electron chi connectivity index (χ0n) is 13.0. The van der Waals surface area contributed by atoms with Crippen LogP contribution in [0.3, 0.4) is 0 Å². The molecule has 1 rings (SSSR count). The maximum Gasteiger partial charge on any atom is 0.123 e. The van der Waals surface area contributed by atoms with Crippen molar-refractivity contribution in [3.63, 3.8) is 0 Å². The molecule has 0 aliphatic carbocycles. The highest BCUT2D eigenvalue weighted by atomic mass is 19.1. The van der Waals surface area contributed by atoms with Crippen LogP contribution in [0.4, 0.5) is 4.39 Å².